The van der Waals surface area contributed by atoms with Crippen molar-refractivity contribution >= 4 is 12.0 Å². The van der Waals surface area contributed by atoms with Crippen LogP contribution in [-0.2, 0) is 11.2 Å². The van der Waals surface area contributed by atoms with Crippen LogP contribution >= 0.6 is 0 Å². The van der Waals surface area contributed by atoms with E-state index in [1.54, 1.807) is 12.1 Å². The quantitative estimate of drug-likeness (QED) is 0.664. The summed E-state index contributed by atoms with van der Waals surface area (Å²) in [5.74, 6) is -0.990. The maximum absolute atomic E-state index is 11.7. The number of carboxylic acid groups (broad SMARTS) is 1. The summed E-state index contributed by atoms with van der Waals surface area (Å²) >= 11 is 0. The van der Waals surface area contributed by atoms with Gasteiger partial charge in [-0.2, -0.15) is 0 Å². The number of rotatable bonds is 5. The van der Waals surface area contributed by atoms with Crippen LogP contribution in [0.5, 0.6) is 5.75 Å². The van der Waals surface area contributed by atoms with E-state index in [1.165, 1.54) is 12.1 Å². The number of hydrogen-bond acceptors (Lipinski definition) is 3. The molecule has 0 aromatic heterocycles. The number of nitrogens with one attached hydrogen (secondary N) is 2. The molecule has 0 aliphatic carbocycles. The number of aliphatic carboxylic acids is 1. The summed E-state index contributed by atoms with van der Waals surface area (Å²) in [6, 6.07) is 4.69. The molecule has 0 unspecified atom stereocenters. The van der Waals surface area contributed by atoms with Gasteiger partial charge in [0.15, 0.2) is 0 Å². The minimum absolute atomic E-state index is 0.0764. The molecule has 1 rings (SSSR count). The first-order valence-electron chi connectivity index (χ1n) is 6.72. The number of phenolic OH excluding ortho intramolecular Hbond substituents is 1. The lowest BCUT2D eigenvalue weighted by Crippen LogP contribution is -2.48. The second-order valence-electron chi connectivity index (χ2n) is 6.15. The minimum atomic E-state index is -1.10. The molecule has 0 saturated heterocycles. The minimum Gasteiger partial charge on any atom is -0.508 e. The molecule has 4 N–H and O–H groups in total. The Morgan fingerprint density at radius 1 is 1.19 bits per heavy atom. The molecule has 0 saturated carbocycles. The first-order valence-corrected chi connectivity index (χ1v) is 6.72. The number of carbonyl (C=O) groups excluding carboxylic acids is 1. The molecular weight excluding hydrogens is 272 g/mol. The molecule has 2 amide bonds. The molecule has 1 aromatic rings. The average molecular weight is 294 g/mol. The Hall–Kier alpha value is -2.24. The van der Waals surface area contributed by atoms with E-state index in [-0.39, 0.29) is 17.6 Å². The normalized spacial score (nSPS) is 12.5. The number of benzene rings is 1. The van der Waals surface area contributed by atoms with E-state index >= 15 is 0 Å². The Morgan fingerprint density at radius 3 is 2.24 bits per heavy atom. The Bertz CT molecular complexity index is 491. The standard InChI is InChI=1S/C15H22N2O4/c1-15(2,3)9-16-14(21)17-12(13(19)20)8-10-4-6-11(18)7-5-10/h4-7,12,18H,8-9H2,1-3H3,(H,19,20)(H2,16,17,21)/t12-/m0/s1. The van der Waals surface area contributed by atoms with Crippen LogP contribution in [0.4, 0.5) is 4.79 Å². The summed E-state index contributed by atoms with van der Waals surface area (Å²) < 4.78 is 0. The van der Waals surface area contributed by atoms with Gasteiger partial charge in [-0.1, -0.05) is 32.9 Å². The third-order valence-corrected chi connectivity index (χ3v) is 2.76. The van der Waals surface area contributed by atoms with E-state index in [0.717, 1.165) is 5.56 Å². The number of urea groups is 1. The lowest BCUT2D eigenvalue weighted by Gasteiger charge is -2.20. The first kappa shape index (κ1) is 16.8. The molecule has 0 radical (unpaired) electrons. The first-order chi connectivity index (χ1) is 9.67. The van der Waals surface area contributed by atoms with Gasteiger partial charge in [-0.15, -0.1) is 0 Å². The van der Waals surface area contributed by atoms with E-state index in [2.05, 4.69) is 10.6 Å². The van der Waals surface area contributed by atoms with Gasteiger partial charge in [0.05, 0.1) is 0 Å². The van der Waals surface area contributed by atoms with Gasteiger partial charge in [0.25, 0.3) is 0 Å². The predicted octanol–water partition coefficient (Wildman–Crippen LogP) is 1.73. The van der Waals surface area contributed by atoms with Crippen molar-refractivity contribution in [1.82, 2.24) is 10.6 Å². The van der Waals surface area contributed by atoms with Crippen LogP contribution in [0, 0.1) is 5.41 Å². The highest BCUT2D eigenvalue weighted by Gasteiger charge is 2.21. The van der Waals surface area contributed by atoms with Crippen molar-refractivity contribution in [3.8, 4) is 5.75 Å². The molecule has 0 aliphatic heterocycles. The second kappa shape index (κ2) is 6.97. The van der Waals surface area contributed by atoms with Gasteiger partial charge in [-0.05, 0) is 23.1 Å². The van der Waals surface area contributed by atoms with E-state index in [0.29, 0.717) is 6.54 Å². The molecule has 116 valence electrons. The van der Waals surface area contributed by atoms with Crippen molar-refractivity contribution in [3.63, 3.8) is 0 Å². The fraction of sp³-hybridized carbons (Fsp3) is 0.467. The Kier molecular flexibility index (Phi) is 5.58. The molecule has 1 aromatic carbocycles. The number of carbonyl (C=O) groups is 2. The van der Waals surface area contributed by atoms with Crippen LogP contribution in [0.25, 0.3) is 0 Å². The predicted molar refractivity (Wildman–Crippen MR) is 79.2 cm³/mol. The van der Waals surface area contributed by atoms with Crippen LogP contribution in [-0.4, -0.2) is 34.8 Å². The summed E-state index contributed by atoms with van der Waals surface area (Å²) in [4.78, 5) is 22.9. The Labute approximate surface area is 124 Å². The average Bonchev–Trinajstić information content (AvgIpc) is 2.37. The molecule has 0 aliphatic rings. The maximum atomic E-state index is 11.7. The molecule has 0 bridgehead atoms. The highest BCUT2D eigenvalue weighted by molar-refractivity contribution is 5.82. The van der Waals surface area contributed by atoms with Gasteiger partial charge in [0.2, 0.25) is 0 Å². The van der Waals surface area contributed by atoms with Gasteiger partial charge in [-0.25, -0.2) is 9.59 Å². The van der Waals surface area contributed by atoms with Gasteiger partial charge in [0, 0.05) is 13.0 Å². The fourth-order valence-corrected chi connectivity index (χ4v) is 1.62. The van der Waals surface area contributed by atoms with Crippen molar-refractivity contribution in [3.05, 3.63) is 29.8 Å². The summed E-state index contributed by atoms with van der Waals surface area (Å²) in [7, 11) is 0. The zero-order valence-corrected chi connectivity index (χ0v) is 12.5. The van der Waals surface area contributed by atoms with E-state index in [4.69, 9.17) is 0 Å². The monoisotopic (exact) mass is 294 g/mol. The van der Waals surface area contributed by atoms with Crippen molar-refractivity contribution in [2.45, 2.75) is 33.2 Å². The molecule has 21 heavy (non-hydrogen) atoms. The number of aromatic hydroxyl groups is 1. The lowest BCUT2D eigenvalue weighted by molar-refractivity contribution is -0.139. The molecule has 6 heteroatoms. The third kappa shape index (κ3) is 6.65. The van der Waals surface area contributed by atoms with Crippen molar-refractivity contribution in [2.75, 3.05) is 6.54 Å². The highest BCUT2D eigenvalue weighted by Crippen LogP contribution is 2.12. The lowest BCUT2D eigenvalue weighted by atomic mass is 9.97. The van der Waals surface area contributed by atoms with E-state index in [9.17, 15) is 19.8 Å². The fourth-order valence-electron chi connectivity index (χ4n) is 1.62. The summed E-state index contributed by atoms with van der Waals surface area (Å²) in [6.45, 7) is 6.36. The summed E-state index contributed by atoms with van der Waals surface area (Å²) in [6.07, 6.45) is 0.151. The molecule has 0 fully saturated rings. The van der Waals surface area contributed by atoms with E-state index < -0.39 is 18.0 Å². The Balaban J connectivity index is 2.59. The largest absolute Gasteiger partial charge is 0.508 e. The van der Waals surface area contributed by atoms with Gasteiger partial charge in [0.1, 0.15) is 11.8 Å². The highest BCUT2D eigenvalue weighted by atomic mass is 16.4. The maximum Gasteiger partial charge on any atom is 0.326 e. The van der Waals surface area contributed by atoms with Gasteiger partial charge >= 0.3 is 12.0 Å². The van der Waals surface area contributed by atoms with Crippen molar-refractivity contribution in [2.24, 2.45) is 5.41 Å². The SMILES string of the molecule is CC(C)(C)CNC(=O)N[C@@H](Cc1ccc(O)cc1)C(=O)O. The zero-order chi connectivity index (χ0) is 16.0. The van der Waals surface area contributed by atoms with Crippen LogP contribution in [0.1, 0.15) is 26.3 Å². The van der Waals surface area contributed by atoms with Crippen LogP contribution in [0.15, 0.2) is 24.3 Å². The van der Waals surface area contributed by atoms with E-state index in [1.807, 2.05) is 20.8 Å². The zero-order valence-electron chi connectivity index (χ0n) is 12.5. The van der Waals surface area contributed by atoms with Crippen molar-refractivity contribution in [1.29, 1.82) is 0 Å². The summed E-state index contributed by atoms with van der Waals surface area (Å²) in [5, 5.41) is 23.5. The molecular formula is C15H22N2O4. The van der Waals surface area contributed by atoms with Gasteiger partial charge in [-0.3, -0.25) is 0 Å². The van der Waals surface area contributed by atoms with Crippen LogP contribution < -0.4 is 10.6 Å². The smallest absolute Gasteiger partial charge is 0.326 e. The van der Waals surface area contributed by atoms with Gasteiger partial charge < -0.3 is 20.8 Å². The summed E-state index contributed by atoms with van der Waals surface area (Å²) in [5.41, 5.74) is 0.642. The number of amides is 2. The van der Waals surface area contributed by atoms with Crippen molar-refractivity contribution < 1.29 is 19.8 Å². The molecule has 0 heterocycles. The van der Waals surface area contributed by atoms with Crippen LogP contribution in [0.2, 0.25) is 0 Å². The number of phenols is 1. The number of hydrogen-bond donors (Lipinski definition) is 4. The third-order valence-electron chi connectivity index (χ3n) is 2.76. The number of carboxylic acids is 1. The molecule has 6 nitrogen and oxygen atoms in total. The molecule has 0 spiro atoms. The second-order valence-corrected chi connectivity index (χ2v) is 6.15. The molecule has 1 atom stereocenters. The Morgan fingerprint density at radius 2 is 1.76 bits per heavy atom. The topological polar surface area (TPSA) is 98.7 Å². The van der Waals surface area contributed by atoms with Crippen LogP contribution in [0.3, 0.4) is 0 Å².